The summed E-state index contributed by atoms with van der Waals surface area (Å²) in [6.07, 6.45) is 2.97. The molecule has 4 nitrogen and oxygen atoms in total. The van der Waals surface area contributed by atoms with E-state index in [1.807, 2.05) is 6.07 Å². The summed E-state index contributed by atoms with van der Waals surface area (Å²) in [6.45, 7) is 0. The first-order valence-corrected chi connectivity index (χ1v) is 7.39. The molecule has 1 fully saturated rings. The minimum Gasteiger partial charge on any atom is -0.478 e. The number of aliphatic carboxylic acids is 1. The highest BCUT2D eigenvalue weighted by Gasteiger charge is 2.34. The van der Waals surface area contributed by atoms with Crippen LogP contribution in [0.3, 0.4) is 0 Å². The van der Waals surface area contributed by atoms with Crippen molar-refractivity contribution in [2.75, 3.05) is 0 Å². The Morgan fingerprint density at radius 2 is 2.14 bits per heavy atom. The summed E-state index contributed by atoms with van der Waals surface area (Å²) in [5.41, 5.74) is 1.07. The Balaban J connectivity index is 2.11. The molecule has 21 heavy (non-hydrogen) atoms. The Hall–Kier alpha value is -2.45. The van der Waals surface area contributed by atoms with Gasteiger partial charge >= 0.3 is 5.97 Å². The van der Waals surface area contributed by atoms with Gasteiger partial charge in [-0.05, 0) is 35.9 Å². The van der Waals surface area contributed by atoms with Crippen molar-refractivity contribution in [3.8, 4) is 6.07 Å². The van der Waals surface area contributed by atoms with Crippen LogP contribution in [0.25, 0.3) is 16.2 Å². The van der Waals surface area contributed by atoms with E-state index in [1.165, 1.54) is 17.4 Å². The van der Waals surface area contributed by atoms with Crippen LogP contribution in [0.2, 0.25) is 0 Å². The highest BCUT2D eigenvalue weighted by Crippen LogP contribution is 2.34. The third-order valence-electron chi connectivity index (χ3n) is 3.49. The summed E-state index contributed by atoms with van der Waals surface area (Å²) in [6, 6.07) is 7.43. The zero-order valence-corrected chi connectivity index (χ0v) is 11.8. The molecule has 1 aromatic heterocycles. The van der Waals surface area contributed by atoms with Crippen LogP contribution < -0.4 is 0 Å². The molecule has 0 radical (unpaired) electrons. The number of thiophene rings is 1. The maximum atomic E-state index is 12.0. The summed E-state index contributed by atoms with van der Waals surface area (Å²) >= 11 is 1.38. The van der Waals surface area contributed by atoms with E-state index in [0.29, 0.717) is 11.1 Å². The standard InChI is InChI=1S/C16H11NO3S/c17-7-10-2-1-3-12-11(8-21-15(10)12)6-13(16(19)20)14(18)9-4-5-9/h1-3,6,8-9H,4-5H2,(H,19,20)/b13-6-. The smallest absolute Gasteiger partial charge is 0.339 e. The van der Waals surface area contributed by atoms with Gasteiger partial charge in [-0.2, -0.15) is 5.26 Å². The lowest BCUT2D eigenvalue weighted by atomic mass is 10.0. The van der Waals surface area contributed by atoms with E-state index in [9.17, 15) is 14.7 Å². The first-order chi connectivity index (χ1) is 10.1. The van der Waals surface area contributed by atoms with E-state index in [2.05, 4.69) is 6.07 Å². The van der Waals surface area contributed by atoms with Crippen LogP contribution in [0.4, 0.5) is 0 Å². The lowest BCUT2D eigenvalue weighted by Crippen LogP contribution is -2.13. The molecule has 5 heteroatoms. The second-order valence-electron chi connectivity index (χ2n) is 4.99. The van der Waals surface area contributed by atoms with Crippen LogP contribution in [0.5, 0.6) is 0 Å². The van der Waals surface area contributed by atoms with Crippen molar-refractivity contribution in [1.82, 2.24) is 0 Å². The quantitative estimate of drug-likeness (QED) is 0.534. The van der Waals surface area contributed by atoms with Crippen molar-refractivity contribution in [2.24, 2.45) is 5.92 Å². The number of nitriles is 1. The van der Waals surface area contributed by atoms with E-state index in [4.69, 9.17) is 5.26 Å². The second kappa shape index (κ2) is 5.15. The molecule has 1 saturated carbocycles. The van der Waals surface area contributed by atoms with Crippen molar-refractivity contribution in [1.29, 1.82) is 5.26 Å². The molecular weight excluding hydrogens is 286 g/mol. The fourth-order valence-electron chi connectivity index (χ4n) is 2.24. The summed E-state index contributed by atoms with van der Waals surface area (Å²) in [7, 11) is 0. The molecule has 1 N–H and O–H groups in total. The van der Waals surface area contributed by atoms with Gasteiger partial charge in [0.05, 0.1) is 10.3 Å². The molecule has 0 unspecified atom stereocenters. The van der Waals surface area contributed by atoms with E-state index < -0.39 is 5.97 Å². The summed E-state index contributed by atoms with van der Waals surface area (Å²) in [5.74, 6) is -1.62. The number of carboxylic acids is 1. The van der Waals surface area contributed by atoms with Gasteiger partial charge < -0.3 is 5.11 Å². The summed E-state index contributed by atoms with van der Waals surface area (Å²) in [4.78, 5) is 23.4. The molecule has 1 aromatic carbocycles. The molecule has 0 aliphatic heterocycles. The van der Waals surface area contributed by atoms with Crippen molar-refractivity contribution in [2.45, 2.75) is 12.8 Å². The highest BCUT2D eigenvalue weighted by atomic mass is 32.1. The zero-order chi connectivity index (χ0) is 15.0. The third kappa shape index (κ3) is 2.46. The Labute approximate surface area is 124 Å². The van der Waals surface area contributed by atoms with E-state index >= 15 is 0 Å². The van der Waals surface area contributed by atoms with Gasteiger partial charge in [0.15, 0.2) is 5.78 Å². The van der Waals surface area contributed by atoms with E-state index in [1.54, 1.807) is 17.5 Å². The van der Waals surface area contributed by atoms with E-state index in [-0.39, 0.29) is 17.3 Å². The minimum absolute atomic E-state index is 0.132. The maximum Gasteiger partial charge on any atom is 0.339 e. The molecule has 104 valence electrons. The van der Waals surface area contributed by atoms with Gasteiger partial charge in [-0.1, -0.05) is 12.1 Å². The molecule has 0 amide bonds. The van der Waals surface area contributed by atoms with Crippen LogP contribution in [0, 0.1) is 17.2 Å². The number of fused-ring (bicyclic) bond motifs is 1. The third-order valence-corrected chi connectivity index (χ3v) is 4.54. The number of Topliss-reactive ketones (excluding diaryl/α,β-unsaturated/α-hetero) is 1. The Kier molecular flexibility index (Phi) is 3.32. The predicted molar refractivity (Wildman–Crippen MR) is 79.9 cm³/mol. The van der Waals surface area contributed by atoms with Crippen molar-refractivity contribution in [3.63, 3.8) is 0 Å². The Morgan fingerprint density at radius 1 is 1.38 bits per heavy atom. The monoisotopic (exact) mass is 297 g/mol. The number of carbonyl (C=O) groups excluding carboxylic acids is 1. The van der Waals surface area contributed by atoms with Crippen LogP contribution in [-0.4, -0.2) is 16.9 Å². The molecule has 1 aliphatic carbocycles. The lowest BCUT2D eigenvalue weighted by Gasteiger charge is -2.00. The number of carboxylic acid groups (broad SMARTS) is 1. The predicted octanol–water partition coefficient (Wildman–Crippen LogP) is 3.22. The van der Waals surface area contributed by atoms with Crippen molar-refractivity contribution < 1.29 is 14.7 Å². The molecule has 1 heterocycles. The van der Waals surface area contributed by atoms with Gasteiger partial charge in [0.2, 0.25) is 0 Å². The number of benzene rings is 1. The van der Waals surface area contributed by atoms with Gasteiger partial charge in [-0.25, -0.2) is 4.79 Å². The normalized spacial score (nSPS) is 14.9. The molecule has 0 bridgehead atoms. The van der Waals surface area contributed by atoms with Gasteiger partial charge in [-0.15, -0.1) is 11.3 Å². The number of nitrogens with zero attached hydrogens (tertiary/aromatic N) is 1. The Bertz CT molecular complexity index is 822. The second-order valence-corrected chi connectivity index (χ2v) is 5.87. The fraction of sp³-hybridized carbons (Fsp3) is 0.188. The minimum atomic E-state index is -1.19. The van der Waals surface area contributed by atoms with Crippen LogP contribution >= 0.6 is 11.3 Å². The average Bonchev–Trinajstić information content (AvgIpc) is 3.24. The topological polar surface area (TPSA) is 78.2 Å². The molecule has 2 aromatic rings. The van der Waals surface area contributed by atoms with Crippen molar-refractivity contribution >= 4 is 39.3 Å². The van der Waals surface area contributed by atoms with Crippen LogP contribution in [0.1, 0.15) is 24.0 Å². The lowest BCUT2D eigenvalue weighted by molar-refractivity contribution is -0.134. The van der Waals surface area contributed by atoms with Gasteiger partial charge in [0, 0.05) is 11.3 Å². The first-order valence-electron chi connectivity index (χ1n) is 6.51. The number of hydrogen-bond donors (Lipinski definition) is 1. The van der Waals surface area contributed by atoms with Gasteiger partial charge in [-0.3, -0.25) is 4.79 Å². The number of rotatable bonds is 4. The largest absolute Gasteiger partial charge is 0.478 e. The average molecular weight is 297 g/mol. The Morgan fingerprint density at radius 3 is 2.76 bits per heavy atom. The molecule has 0 saturated heterocycles. The number of ketones is 1. The molecule has 0 spiro atoms. The summed E-state index contributed by atoms with van der Waals surface area (Å²) in [5, 5.41) is 20.9. The highest BCUT2D eigenvalue weighted by molar-refractivity contribution is 7.17. The van der Waals surface area contributed by atoms with Crippen molar-refractivity contribution in [3.05, 3.63) is 40.3 Å². The maximum absolute atomic E-state index is 12.0. The van der Waals surface area contributed by atoms with Crippen LogP contribution in [0.15, 0.2) is 29.2 Å². The molecule has 3 rings (SSSR count). The zero-order valence-electron chi connectivity index (χ0n) is 11.0. The fourth-order valence-corrected chi connectivity index (χ4v) is 3.23. The van der Waals surface area contributed by atoms with E-state index in [0.717, 1.165) is 22.9 Å². The molecular formula is C16H11NO3S. The van der Waals surface area contributed by atoms with Gasteiger partial charge in [0.1, 0.15) is 11.6 Å². The number of hydrogen-bond acceptors (Lipinski definition) is 4. The first kappa shape index (κ1) is 13.5. The molecule has 1 aliphatic rings. The summed E-state index contributed by atoms with van der Waals surface area (Å²) < 4.78 is 0.815. The van der Waals surface area contributed by atoms with Gasteiger partial charge in [0.25, 0.3) is 0 Å². The number of carbonyl (C=O) groups is 2. The SMILES string of the molecule is N#Cc1cccc2c(/C=C(\C(=O)O)C(=O)C3CC3)csc12. The van der Waals surface area contributed by atoms with Crippen LogP contribution in [-0.2, 0) is 9.59 Å². The molecule has 0 atom stereocenters.